The number of hydrogen-bond acceptors (Lipinski definition) is 6. The van der Waals surface area contributed by atoms with E-state index in [-0.39, 0.29) is 10.9 Å². The van der Waals surface area contributed by atoms with Crippen LogP contribution in [-0.2, 0) is 16.6 Å². The van der Waals surface area contributed by atoms with Gasteiger partial charge in [-0.25, -0.2) is 18.1 Å². The van der Waals surface area contributed by atoms with Crippen molar-refractivity contribution in [3.63, 3.8) is 0 Å². The van der Waals surface area contributed by atoms with Gasteiger partial charge in [0.2, 0.25) is 10.0 Å². The monoisotopic (exact) mass is 315 g/mol. The number of nitrogens with one attached hydrogen (secondary N) is 1. The van der Waals surface area contributed by atoms with Gasteiger partial charge >= 0.3 is 0 Å². The van der Waals surface area contributed by atoms with Crippen LogP contribution >= 0.6 is 11.3 Å². The number of hydrogen-bond donors (Lipinski definition) is 2. The lowest BCUT2D eigenvalue weighted by molar-refractivity contribution is 0.565. The fraction of sp³-hybridized carbons (Fsp3) is 0.455. The van der Waals surface area contributed by atoms with Crippen LogP contribution in [-0.4, -0.2) is 29.7 Å². The Morgan fingerprint density at radius 2 is 2.30 bits per heavy atom. The molecule has 110 valence electrons. The molecular formula is C11H17N5O2S2. The van der Waals surface area contributed by atoms with Gasteiger partial charge in [0.1, 0.15) is 9.90 Å². The Labute approximate surface area is 121 Å². The van der Waals surface area contributed by atoms with Gasteiger partial charge in [0.15, 0.2) is 0 Å². The van der Waals surface area contributed by atoms with Crippen LogP contribution in [0, 0.1) is 6.92 Å². The minimum atomic E-state index is -3.60. The summed E-state index contributed by atoms with van der Waals surface area (Å²) in [6.07, 6.45) is 2.78. The number of aryl methyl sites for hydroxylation is 1. The maximum Gasteiger partial charge on any atom is 0.244 e. The lowest BCUT2D eigenvalue weighted by atomic mass is 10.4. The predicted octanol–water partition coefficient (Wildman–Crippen LogP) is 0.646. The van der Waals surface area contributed by atoms with Crippen molar-refractivity contribution in [2.75, 3.05) is 6.54 Å². The Balaban J connectivity index is 2.13. The van der Waals surface area contributed by atoms with Crippen molar-refractivity contribution in [1.29, 1.82) is 0 Å². The summed E-state index contributed by atoms with van der Waals surface area (Å²) < 4.78 is 28.5. The van der Waals surface area contributed by atoms with Gasteiger partial charge in [-0.3, -0.25) is 4.68 Å². The van der Waals surface area contributed by atoms with Gasteiger partial charge in [-0.2, -0.15) is 5.10 Å². The second-order valence-electron chi connectivity index (χ2n) is 4.40. The third-order valence-corrected chi connectivity index (χ3v) is 5.26. The molecule has 0 saturated heterocycles. The summed E-state index contributed by atoms with van der Waals surface area (Å²) in [6, 6.07) is -0.378. The zero-order valence-electron chi connectivity index (χ0n) is 11.3. The quantitative estimate of drug-likeness (QED) is 0.814. The van der Waals surface area contributed by atoms with Gasteiger partial charge < -0.3 is 5.73 Å². The van der Waals surface area contributed by atoms with E-state index < -0.39 is 10.0 Å². The van der Waals surface area contributed by atoms with E-state index in [2.05, 4.69) is 14.8 Å². The van der Waals surface area contributed by atoms with Crippen molar-refractivity contribution in [3.05, 3.63) is 28.5 Å². The molecule has 0 amide bonds. The minimum absolute atomic E-state index is 0.131. The molecule has 2 heterocycles. The van der Waals surface area contributed by atoms with Gasteiger partial charge in [-0.05, 0) is 13.8 Å². The Bertz CT molecular complexity index is 677. The standard InChI is InChI=1S/C11H17N5O2S2/c1-8-7-19-11(14-8)9(2)15-20(17,18)10-5-13-16(6-10)4-3-12/h5-7,9,15H,3-4,12H2,1-2H3. The van der Waals surface area contributed by atoms with Crippen molar-refractivity contribution in [1.82, 2.24) is 19.5 Å². The molecule has 0 aliphatic carbocycles. The van der Waals surface area contributed by atoms with Crippen molar-refractivity contribution >= 4 is 21.4 Å². The number of thiazole rings is 1. The number of nitrogens with zero attached hydrogens (tertiary/aromatic N) is 3. The van der Waals surface area contributed by atoms with E-state index in [9.17, 15) is 8.42 Å². The molecule has 9 heteroatoms. The van der Waals surface area contributed by atoms with Gasteiger partial charge in [0, 0.05) is 23.8 Å². The summed E-state index contributed by atoms with van der Waals surface area (Å²) in [5.74, 6) is 0. The molecule has 0 radical (unpaired) electrons. The maximum atomic E-state index is 12.2. The number of nitrogens with two attached hydrogens (primary N) is 1. The first kappa shape index (κ1) is 15.1. The Morgan fingerprint density at radius 3 is 2.90 bits per heavy atom. The molecule has 0 spiro atoms. The molecule has 0 fully saturated rings. The molecule has 2 rings (SSSR count). The van der Waals surface area contributed by atoms with Crippen molar-refractivity contribution < 1.29 is 8.42 Å². The molecule has 7 nitrogen and oxygen atoms in total. The highest BCUT2D eigenvalue weighted by Crippen LogP contribution is 2.20. The van der Waals surface area contributed by atoms with Crippen LogP contribution in [0.25, 0.3) is 0 Å². The van der Waals surface area contributed by atoms with Crippen LogP contribution in [0.2, 0.25) is 0 Å². The highest BCUT2D eigenvalue weighted by Gasteiger charge is 2.21. The van der Waals surface area contributed by atoms with Gasteiger partial charge in [0.05, 0.1) is 18.8 Å². The molecule has 1 atom stereocenters. The first-order valence-electron chi connectivity index (χ1n) is 6.09. The highest BCUT2D eigenvalue weighted by molar-refractivity contribution is 7.89. The lowest BCUT2D eigenvalue weighted by Gasteiger charge is -2.10. The summed E-state index contributed by atoms with van der Waals surface area (Å²) in [5, 5.41) is 6.59. The Kier molecular flexibility index (Phi) is 4.53. The summed E-state index contributed by atoms with van der Waals surface area (Å²) in [7, 11) is -3.60. The third-order valence-electron chi connectivity index (χ3n) is 2.62. The van der Waals surface area contributed by atoms with E-state index in [4.69, 9.17) is 5.73 Å². The first-order chi connectivity index (χ1) is 9.42. The van der Waals surface area contributed by atoms with E-state index in [0.717, 1.165) is 10.7 Å². The topological polar surface area (TPSA) is 103 Å². The zero-order valence-corrected chi connectivity index (χ0v) is 12.9. The van der Waals surface area contributed by atoms with Crippen LogP contribution in [0.5, 0.6) is 0 Å². The molecule has 2 aromatic heterocycles. The van der Waals surface area contributed by atoms with E-state index >= 15 is 0 Å². The molecule has 0 aromatic carbocycles. The normalized spacial score (nSPS) is 13.6. The van der Waals surface area contributed by atoms with E-state index in [1.165, 1.54) is 28.4 Å². The Hall–Kier alpha value is -1.29. The van der Waals surface area contributed by atoms with Gasteiger partial charge in [-0.15, -0.1) is 11.3 Å². The molecular weight excluding hydrogens is 298 g/mol. The van der Waals surface area contributed by atoms with Crippen molar-refractivity contribution in [3.8, 4) is 0 Å². The van der Waals surface area contributed by atoms with Crippen LogP contribution in [0.4, 0.5) is 0 Å². The first-order valence-corrected chi connectivity index (χ1v) is 8.45. The van der Waals surface area contributed by atoms with E-state index in [1.807, 2.05) is 12.3 Å². The summed E-state index contributed by atoms with van der Waals surface area (Å²) in [5.41, 5.74) is 6.29. The van der Waals surface area contributed by atoms with Gasteiger partial charge in [0.25, 0.3) is 0 Å². The van der Waals surface area contributed by atoms with E-state index in [1.54, 1.807) is 6.92 Å². The SMILES string of the molecule is Cc1csc(C(C)NS(=O)(=O)c2cnn(CCN)c2)n1. The molecule has 2 aromatic rings. The van der Waals surface area contributed by atoms with Crippen LogP contribution < -0.4 is 10.5 Å². The largest absolute Gasteiger partial charge is 0.329 e. The predicted molar refractivity (Wildman–Crippen MR) is 76.9 cm³/mol. The number of aromatic nitrogens is 3. The fourth-order valence-corrected chi connectivity index (χ4v) is 3.70. The van der Waals surface area contributed by atoms with Crippen LogP contribution in [0.1, 0.15) is 23.7 Å². The molecule has 0 bridgehead atoms. The fourth-order valence-electron chi connectivity index (χ4n) is 1.66. The third kappa shape index (κ3) is 3.42. The van der Waals surface area contributed by atoms with Crippen molar-refractivity contribution in [2.45, 2.75) is 31.3 Å². The second kappa shape index (κ2) is 6.00. The number of sulfonamides is 1. The number of rotatable bonds is 6. The second-order valence-corrected chi connectivity index (χ2v) is 7.00. The van der Waals surface area contributed by atoms with Gasteiger partial charge in [-0.1, -0.05) is 0 Å². The average Bonchev–Trinajstić information content (AvgIpc) is 2.98. The Morgan fingerprint density at radius 1 is 1.55 bits per heavy atom. The minimum Gasteiger partial charge on any atom is -0.329 e. The highest BCUT2D eigenvalue weighted by atomic mass is 32.2. The smallest absolute Gasteiger partial charge is 0.244 e. The summed E-state index contributed by atoms with van der Waals surface area (Å²) in [4.78, 5) is 4.41. The average molecular weight is 315 g/mol. The molecule has 0 aliphatic heterocycles. The van der Waals surface area contributed by atoms with Crippen LogP contribution in [0.15, 0.2) is 22.7 Å². The molecule has 1 unspecified atom stereocenters. The van der Waals surface area contributed by atoms with Crippen LogP contribution in [0.3, 0.4) is 0 Å². The van der Waals surface area contributed by atoms with E-state index in [0.29, 0.717) is 13.1 Å². The zero-order chi connectivity index (χ0) is 14.8. The maximum absolute atomic E-state index is 12.2. The molecule has 20 heavy (non-hydrogen) atoms. The molecule has 0 aliphatic rings. The van der Waals surface area contributed by atoms with Crippen molar-refractivity contribution in [2.24, 2.45) is 5.73 Å². The summed E-state index contributed by atoms with van der Waals surface area (Å²) >= 11 is 1.43. The summed E-state index contributed by atoms with van der Waals surface area (Å²) in [6.45, 7) is 4.53. The molecule has 0 saturated carbocycles. The molecule has 3 N–H and O–H groups in total. The lowest BCUT2D eigenvalue weighted by Crippen LogP contribution is -2.26.